The van der Waals surface area contributed by atoms with Crippen LogP contribution in [0, 0.1) is 6.92 Å². The molecule has 2 N–H and O–H groups in total. The Morgan fingerprint density at radius 1 is 1.08 bits per heavy atom. The number of benzene rings is 2. The van der Waals surface area contributed by atoms with Crippen LogP contribution in [-0.4, -0.2) is 9.97 Å². The van der Waals surface area contributed by atoms with Crippen LogP contribution >= 0.6 is 11.6 Å². The minimum atomic E-state index is -4.51. The highest BCUT2D eigenvalue weighted by Gasteiger charge is 2.31. The largest absolute Gasteiger partial charge is 0.416 e. The van der Waals surface area contributed by atoms with Crippen LogP contribution in [0.1, 0.15) is 11.1 Å². The number of H-pyrrole nitrogens is 1. The third-order valence-electron chi connectivity index (χ3n) is 3.64. The molecular weight excluding hydrogens is 367 g/mol. The predicted octanol–water partition coefficient (Wildman–Crippen LogP) is 5.16. The van der Waals surface area contributed by atoms with Gasteiger partial charge in [-0.3, -0.25) is 9.78 Å². The first kappa shape index (κ1) is 18.0. The van der Waals surface area contributed by atoms with Crippen molar-refractivity contribution >= 4 is 23.2 Å². The summed E-state index contributed by atoms with van der Waals surface area (Å²) in [5.41, 5.74) is 0.834. The van der Waals surface area contributed by atoms with Crippen LogP contribution in [0.4, 0.5) is 24.8 Å². The van der Waals surface area contributed by atoms with Gasteiger partial charge in [0, 0.05) is 11.6 Å². The number of hydrogen-bond acceptors (Lipinski definition) is 3. The smallest absolute Gasteiger partial charge is 0.324 e. The van der Waals surface area contributed by atoms with Crippen molar-refractivity contribution in [3.63, 3.8) is 0 Å². The van der Waals surface area contributed by atoms with Gasteiger partial charge >= 0.3 is 6.18 Å². The zero-order valence-electron chi connectivity index (χ0n) is 13.5. The van der Waals surface area contributed by atoms with Gasteiger partial charge in [-0.2, -0.15) is 13.2 Å². The highest BCUT2D eigenvalue weighted by Crippen LogP contribution is 2.34. The van der Waals surface area contributed by atoms with Gasteiger partial charge in [-0.15, -0.1) is 0 Å². The Morgan fingerprint density at radius 3 is 2.42 bits per heavy atom. The summed E-state index contributed by atoms with van der Waals surface area (Å²) in [5, 5.41) is 2.72. The zero-order chi connectivity index (χ0) is 18.9. The van der Waals surface area contributed by atoms with Crippen LogP contribution in [0.15, 0.2) is 53.3 Å². The van der Waals surface area contributed by atoms with Crippen LogP contribution in [0.25, 0.3) is 11.3 Å². The second-order valence-corrected chi connectivity index (χ2v) is 6.07. The molecule has 1 aromatic heterocycles. The molecule has 0 radical (unpaired) electrons. The molecule has 3 rings (SSSR count). The van der Waals surface area contributed by atoms with Gasteiger partial charge in [-0.05, 0) is 25.1 Å². The van der Waals surface area contributed by atoms with E-state index in [4.69, 9.17) is 11.6 Å². The summed E-state index contributed by atoms with van der Waals surface area (Å²) < 4.78 is 38.6. The molecule has 26 heavy (non-hydrogen) atoms. The van der Waals surface area contributed by atoms with E-state index in [1.54, 1.807) is 12.1 Å². The van der Waals surface area contributed by atoms with Gasteiger partial charge in [-0.1, -0.05) is 41.4 Å². The highest BCUT2D eigenvalue weighted by molar-refractivity contribution is 6.33. The summed E-state index contributed by atoms with van der Waals surface area (Å²) in [4.78, 5) is 18.6. The van der Waals surface area contributed by atoms with E-state index in [0.29, 0.717) is 11.3 Å². The molecule has 0 atom stereocenters. The number of aryl methyl sites for hydroxylation is 1. The molecule has 134 valence electrons. The van der Waals surface area contributed by atoms with Crippen molar-refractivity contribution < 1.29 is 13.2 Å². The minimum Gasteiger partial charge on any atom is -0.324 e. The van der Waals surface area contributed by atoms with E-state index in [-0.39, 0.29) is 16.7 Å². The Bertz CT molecular complexity index is 998. The standard InChI is InChI=1S/C18H13ClF3N3O/c1-10-2-4-11(5-3-10)14-9-16(26)25-17(23-14)24-15-8-12(18(20,21)22)6-7-13(15)19/h2-9H,1H3,(H2,23,24,25,26). The molecule has 1 heterocycles. The second kappa shape index (κ2) is 6.84. The number of alkyl halides is 3. The summed E-state index contributed by atoms with van der Waals surface area (Å²) >= 11 is 5.96. The van der Waals surface area contributed by atoms with Crippen molar-refractivity contribution in [3.8, 4) is 11.3 Å². The average molecular weight is 380 g/mol. The van der Waals surface area contributed by atoms with Crippen molar-refractivity contribution in [2.24, 2.45) is 0 Å². The summed E-state index contributed by atoms with van der Waals surface area (Å²) in [6.45, 7) is 1.93. The number of halogens is 4. The molecule has 0 amide bonds. The van der Waals surface area contributed by atoms with Crippen LogP contribution in [-0.2, 0) is 6.18 Å². The number of anilines is 2. The van der Waals surface area contributed by atoms with Crippen molar-refractivity contribution in [1.29, 1.82) is 0 Å². The van der Waals surface area contributed by atoms with E-state index in [1.165, 1.54) is 6.07 Å². The Balaban J connectivity index is 1.98. The molecule has 0 saturated heterocycles. The number of aromatic amines is 1. The van der Waals surface area contributed by atoms with E-state index in [1.807, 2.05) is 19.1 Å². The van der Waals surface area contributed by atoms with Crippen LogP contribution < -0.4 is 10.9 Å². The maximum Gasteiger partial charge on any atom is 0.416 e. The van der Waals surface area contributed by atoms with Gasteiger partial charge in [0.25, 0.3) is 5.56 Å². The molecule has 4 nitrogen and oxygen atoms in total. The molecule has 3 aromatic rings. The third-order valence-corrected chi connectivity index (χ3v) is 3.97. The summed E-state index contributed by atoms with van der Waals surface area (Å²) in [6, 6.07) is 11.5. The topological polar surface area (TPSA) is 57.8 Å². The number of nitrogens with zero attached hydrogens (tertiary/aromatic N) is 1. The fourth-order valence-corrected chi connectivity index (χ4v) is 2.48. The lowest BCUT2D eigenvalue weighted by Crippen LogP contribution is -2.11. The number of hydrogen-bond donors (Lipinski definition) is 2. The van der Waals surface area contributed by atoms with E-state index < -0.39 is 17.3 Å². The van der Waals surface area contributed by atoms with E-state index in [0.717, 1.165) is 23.8 Å². The highest BCUT2D eigenvalue weighted by atomic mass is 35.5. The Labute approximate surface area is 151 Å². The van der Waals surface area contributed by atoms with Crippen molar-refractivity contribution in [2.45, 2.75) is 13.1 Å². The summed E-state index contributed by atoms with van der Waals surface area (Å²) in [6.07, 6.45) is -4.51. The fourth-order valence-electron chi connectivity index (χ4n) is 2.31. The van der Waals surface area contributed by atoms with Crippen molar-refractivity contribution in [2.75, 3.05) is 5.32 Å². The molecular formula is C18H13ClF3N3O. The van der Waals surface area contributed by atoms with Gasteiger partial charge < -0.3 is 5.32 Å². The fraction of sp³-hybridized carbons (Fsp3) is 0.111. The number of rotatable bonds is 3. The quantitative estimate of drug-likeness (QED) is 0.660. The first-order valence-electron chi connectivity index (χ1n) is 7.54. The van der Waals surface area contributed by atoms with Crippen LogP contribution in [0.5, 0.6) is 0 Å². The second-order valence-electron chi connectivity index (χ2n) is 5.66. The van der Waals surface area contributed by atoms with E-state index in [9.17, 15) is 18.0 Å². The molecule has 0 fully saturated rings. The van der Waals surface area contributed by atoms with Crippen LogP contribution in [0.3, 0.4) is 0 Å². The molecule has 2 aromatic carbocycles. The monoisotopic (exact) mass is 379 g/mol. The zero-order valence-corrected chi connectivity index (χ0v) is 14.2. The average Bonchev–Trinajstić information content (AvgIpc) is 2.56. The lowest BCUT2D eigenvalue weighted by atomic mass is 10.1. The van der Waals surface area contributed by atoms with Gasteiger partial charge in [0.05, 0.1) is 22.0 Å². The van der Waals surface area contributed by atoms with E-state index in [2.05, 4.69) is 15.3 Å². The van der Waals surface area contributed by atoms with Gasteiger partial charge in [0.15, 0.2) is 0 Å². The van der Waals surface area contributed by atoms with Crippen LogP contribution in [0.2, 0.25) is 5.02 Å². The first-order valence-corrected chi connectivity index (χ1v) is 7.92. The van der Waals surface area contributed by atoms with Gasteiger partial charge in [0.2, 0.25) is 5.95 Å². The van der Waals surface area contributed by atoms with Crippen molar-refractivity contribution in [1.82, 2.24) is 9.97 Å². The maximum absolute atomic E-state index is 12.9. The first-order chi connectivity index (χ1) is 12.2. The third kappa shape index (κ3) is 4.05. The van der Waals surface area contributed by atoms with Gasteiger partial charge in [0.1, 0.15) is 0 Å². The summed E-state index contributed by atoms with van der Waals surface area (Å²) in [7, 11) is 0. The Morgan fingerprint density at radius 2 is 1.77 bits per heavy atom. The number of nitrogens with one attached hydrogen (secondary N) is 2. The molecule has 0 saturated carbocycles. The lowest BCUT2D eigenvalue weighted by molar-refractivity contribution is -0.137. The molecule has 0 bridgehead atoms. The normalized spacial score (nSPS) is 11.4. The molecule has 8 heteroatoms. The molecule has 0 unspecified atom stereocenters. The lowest BCUT2D eigenvalue weighted by Gasteiger charge is -2.12. The molecule has 0 aliphatic rings. The number of aromatic nitrogens is 2. The molecule has 0 aliphatic heterocycles. The predicted molar refractivity (Wildman–Crippen MR) is 94.8 cm³/mol. The van der Waals surface area contributed by atoms with E-state index >= 15 is 0 Å². The van der Waals surface area contributed by atoms with Gasteiger partial charge in [-0.25, -0.2) is 4.98 Å². The molecule has 0 aliphatic carbocycles. The van der Waals surface area contributed by atoms with Crippen molar-refractivity contribution in [3.05, 3.63) is 75.0 Å². The SMILES string of the molecule is Cc1ccc(-c2cc(=O)[nH]c(Nc3cc(C(F)(F)F)ccc3Cl)n2)cc1. The Hall–Kier alpha value is -2.80. The maximum atomic E-state index is 12.9. The minimum absolute atomic E-state index is 0.00528. The summed E-state index contributed by atoms with van der Waals surface area (Å²) in [5.74, 6) is -0.00528. The Kier molecular flexibility index (Phi) is 4.73. The molecule has 0 spiro atoms.